The summed E-state index contributed by atoms with van der Waals surface area (Å²) in [7, 11) is 0. The van der Waals surface area contributed by atoms with Gasteiger partial charge in [-0.25, -0.2) is 0 Å². The Labute approximate surface area is 81.3 Å². The summed E-state index contributed by atoms with van der Waals surface area (Å²) in [5.41, 5.74) is 0.778. The third kappa shape index (κ3) is 0.918. The highest BCUT2D eigenvalue weighted by Gasteiger charge is 2.62. The number of nitrogens with one attached hydrogen (secondary N) is 1. The molecule has 0 aromatic carbocycles. The van der Waals surface area contributed by atoms with Crippen LogP contribution in [-0.4, -0.2) is 12.1 Å². The molecule has 0 aromatic rings. The molecule has 5 unspecified atom stereocenters. The summed E-state index contributed by atoms with van der Waals surface area (Å²) in [6.45, 7) is 4.80. The standard InChI is InChI=1S/C12H21N/c1-3-9-5-11-12(7-9)6-8(2)4-10(12)13-11/h8-11,13H,3-7H2,1-2H3. The zero-order valence-corrected chi connectivity index (χ0v) is 8.84. The number of hydrogen-bond acceptors (Lipinski definition) is 1. The molecule has 0 radical (unpaired) electrons. The van der Waals surface area contributed by atoms with Gasteiger partial charge in [-0.2, -0.15) is 0 Å². The number of hydrogen-bond donors (Lipinski definition) is 1. The van der Waals surface area contributed by atoms with Crippen molar-refractivity contribution in [1.82, 2.24) is 5.32 Å². The average molecular weight is 179 g/mol. The Morgan fingerprint density at radius 1 is 1.23 bits per heavy atom. The van der Waals surface area contributed by atoms with Gasteiger partial charge in [0.25, 0.3) is 0 Å². The average Bonchev–Trinajstić information content (AvgIpc) is 2.51. The third-order valence-corrected chi connectivity index (χ3v) is 4.97. The van der Waals surface area contributed by atoms with Gasteiger partial charge in [0.05, 0.1) is 0 Å². The van der Waals surface area contributed by atoms with Gasteiger partial charge in [-0.15, -0.1) is 0 Å². The van der Waals surface area contributed by atoms with Gasteiger partial charge in [-0.1, -0.05) is 20.3 Å². The van der Waals surface area contributed by atoms with Gasteiger partial charge in [0.15, 0.2) is 0 Å². The molecule has 1 aliphatic heterocycles. The predicted molar refractivity (Wildman–Crippen MR) is 54.6 cm³/mol. The van der Waals surface area contributed by atoms with E-state index in [1.165, 1.54) is 32.1 Å². The van der Waals surface area contributed by atoms with Crippen LogP contribution in [-0.2, 0) is 0 Å². The Morgan fingerprint density at radius 3 is 2.69 bits per heavy atom. The molecule has 3 aliphatic rings. The van der Waals surface area contributed by atoms with E-state index in [9.17, 15) is 0 Å². The Balaban J connectivity index is 1.81. The summed E-state index contributed by atoms with van der Waals surface area (Å²) < 4.78 is 0. The van der Waals surface area contributed by atoms with Crippen molar-refractivity contribution in [3.05, 3.63) is 0 Å². The van der Waals surface area contributed by atoms with Gasteiger partial charge < -0.3 is 5.32 Å². The molecule has 5 atom stereocenters. The molecule has 0 amide bonds. The third-order valence-electron chi connectivity index (χ3n) is 4.97. The lowest BCUT2D eigenvalue weighted by molar-refractivity contribution is 0.0659. The van der Waals surface area contributed by atoms with Crippen molar-refractivity contribution < 1.29 is 0 Å². The quantitative estimate of drug-likeness (QED) is 0.652. The fourth-order valence-electron chi connectivity index (χ4n) is 4.38. The van der Waals surface area contributed by atoms with Crippen molar-refractivity contribution in [2.24, 2.45) is 17.3 Å². The number of rotatable bonds is 1. The summed E-state index contributed by atoms with van der Waals surface area (Å²) in [5.74, 6) is 2.02. The normalized spacial score (nSPS) is 58.6. The van der Waals surface area contributed by atoms with Crippen LogP contribution in [0.25, 0.3) is 0 Å². The Hall–Kier alpha value is -0.0400. The Bertz CT molecular complexity index is 225. The maximum Gasteiger partial charge on any atom is 0.0144 e. The zero-order valence-electron chi connectivity index (χ0n) is 8.84. The minimum atomic E-state index is 0.778. The fourth-order valence-corrected chi connectivity index (χ4v) is 4.38. The minimum Gasteiger partial charge on any atom is -0.310 e. The molecule has 3 fully saturated rings. The van der Waals surface area contributed by atoms with E-state index < -0.39 is 0 Å². The molecular formula is C12H21N. The van der Waals surface area contributed by atoms with E-state index in [1.807, 2.05) is 0 Å². The van der Waals surface area contributed by atoms with E-state index in [1.54, 1.807) is 0 Å². The lowest BCUT2D eigenvalue weighted by Gasteiger charge is -2.50. The summed E-state index contributed by atoms with van der Waals surface area (Å²) in [6, 6.07) is 1.82. The second kappa shape index (κ2) is 2.50. The van der Waals surface area contributed by atoms with Crippen molar-refractivity contribution in [3.8, 4) is 0 Å². The highest BCUT2D eigenvalue weighted by atomic mass is 15.1. The van der Waals surface area contributed by atoms with Crippen molar-refractivity contribution in [2.75, 3.05) is 0 Å². The molecule has 2 aliphatic carbocycles. The molecule has 0 aromatic heterocycles. The van der Waals surface area contributed by atoms with Gasteiger partial charge in [0, 0.05) is 17.5 Å². The van der Waals surface area contributed by atoms with Gasteiger partial charge >= 0.3 is 0 Å². The van der Waals surface area contributed by atoms with Crippen LogP contribution in [0.2, 0.25) is 0 Å². The van der Waals surface area contributed by atoms with Crippen LogP contribution in [0.3, 0.4) is 0 Å². The van der Waals surface area contributed by atoms with E-state index in [0.717, 1.165) is 29.3 Å². The molecule has 0 bridgehead atoms. The minimum absolute atomic E-state index is 0.778. The Morgan fingerprint density at radius 2 is 2.00 bits per heavy atom. The Kier molecular flexibility index (Phi) is 1.59. The van der Waals surface area contributed by atoms with Crippen LogP contribution in [0.5, 0.6) is 0 Å². The lowest BCUT2D eigenvalue weighted by atomic mass is 9.70. The molecule has 1 heteroatoms. The lowest BCUT2D eigenvalue weighted by Crippen LogP contribution is -2.64. The first kappa shape index (κ1) is 8.28. The van der Waals surface area contributed by atoms with E-state index in [0.29, 0.717) is 0 Å². The SMILES string of the molecule is CCC1CC2NC3CC(C)CC32C1. The summed E-state index contributed by atoms with van der Waals surface area (Å²) in [5, 5.41) is 3.79. The molecule has 1 N–H and O–H groups in total. The summed E-state index contributed by atoms with van der Waals surface area (Å²) in [6.07, 6.45) is 7.38. The van der Waals surface area contributed by atoms with Crippen LogP contribution < -0.4 is 5.32 Å². The van der Waals surface area contributed by atoms with Gasteiger partial charge in [0.2, 0.25) is 0 Å². The second-order valence-electron chi connectivity index (χ2n) is 5.76. The van der Waals surface area contributed by atoms with Crippen molar-refractivity contribution in [1.29, 1.82) is 0 Å². The maximum absolute atomic E-state index is 3.79. The molecule has 13 heavy (non-hydrogen) atoms. The van der Waals surface area contributed by atoms with Crippen LogP contribution in [0.4, 0.5) is 0 Å². The van der Waals surface area contributed by atoms with Gasteiger partial charge in [0.1, 0.15) is 0 Å². The van der Waals surface area contributed by atoms with E-state index in [-0.39, 0.29) is 0 Å². The van der Waals surface area contributed by atoms with E-state index in [2.05, 4.69) is 19.2 Å². The molecule has 1 spiro atoms. The first-order chi connectivity index (χ1) is 6.24. The maximum atomic E-state index is 3.79. The van der Waals surface area contributed by atoms with Crippen LogP contribution in [0.1, 0.15) is 46.0 Å². The van der Waals surface area contributed by atoms with Gasteiger partial charge in [-0.3, -0.25) is 0 Å². The van der Waals surface area contributed by atoms with Gasteiger partial charge in [-0.05, 0) is 37.5 Å². The molecule has 1 heterocycles. The topological polar surface area (TPSA) is 12.0 Å². The first-order valence-corrected chi connectivity index (χ1v) is 6.00. The molecule has 1 nitrogen and oxygen atoms in total. The van der Waals surface area contributed by atoms with Crippen molar-refractivity contribution in [3.63, 3.8) is 0 Å². The fraction of sp³-hybridized carbons (Fsp3) is 1.00. The molecule has 3 rings (SSSR count). The van der Waals surface area contributed by atoms with Crippen LogP contribution in [0.15, 0.2) is 0 Å². The molecular weight excluding hydrogens is 158 g/mol. The van der Waals surface area contributed by atoms with Crippen LogP contribution >= 0.6 is 0 Å². The first-order valence-electron chi connectivity index (χ1n) is 6.00. The van der Waals surface area contributed by atoms with Crippen molar-refractivity contribution >= 4 is 0 Å². The highest BCUT2D eigenvalue weighted by Crippen LogP contribution is 2.60. The van der Waals surface area contributed by atoms with E-state index >= 15 is 0 Å². The zero-order chi connectivity index (χ0) is 9.05. The molecule has 74 valence electrons. The molecule has 2 saturated carbocycles. The molecule has 1 saturated heterocycles. The monoisotopic (exact) mass is 179 g/mol. The predicted octanol–water partition coefficient (Wildman–Crippen LogP) is 2.56. The summed E-state index contributed by atoms with van der Waals surface area (Å²) >= 11 is 0. The van der Waals surface area contributed by atoms with Crippen molar-refractivity contribution in [2.45, 2.75) is 58.0 Å². The largest absolute Gasteiger partial charge is 0.310 e. The highest BCUT2D eigenvalue weighted by molar-refractivity contribution is 5.18. The van der Waals surface area contributed by atoms with E-state index in [4.69, 9.17) is 0 Å². The second-order valence-corrected chi connectivity index (χ2v) is 5.76. The summed E-state index contributed by atoms with van der Waals surface area (Å²) in [4.78, 5) is 0. The smallest absolute Gasteiger partial charge is 0.0144 e. The van der Waals surface area contributed by atoms with Crippen LogP contribution in [0, 0.1) is 17.3 Å².